The molecule has 3 rings (SSSR count). The summed E-state index contributed by atoms with van der Waals surface area (Å²) >= 11 is 1.36. The van der Waals surface area contributed by atoms with E-state index in [1.54, 1.807) is 17.0 Å². The van der Waals surface area contributed by atoms with Gasteiger partial charge in [-0.05, 0) is 48.6 Å². The normalized spacial score (nSPS) is 14.2. The molecule has 11 heteroatoms. The van der Waals surface area contributed by atoms with Gasteiger partial charge in [0.15, 0.2) is 6.61 Å². The molecule has 1 aliphatic rings. The number of amides is 3. The molecule has 1 aromatic carbocycles. The standard InChI is InChI=1S/C21H20F2N2O6S/c22-21(23)31-15-5-3-13(4-6-15)18(27)24-17(26)12-30-20(29)14-7-9-25(10-8-14)19(28)16-2-1-11-32-16/h1-6,11,14,21H,7-10,12H2,(H,24,26,27). The van der Waals surface area contributed by atoms with Gasteiger partial charge in [0.25, 0.3) is 17.7 Å². The van der Waals surface area contributed by atoms with Crippen LogP contribution in [0.3, 0.4) is 0 Å². The molecule has 0 spiro atoms. The molecular formula is C21H20F2N2O6S. The zero-order valence-electron chi connectivity index (χ0n) is 16.8. The Morgan fingerprint density at radius 1 is 1.09 bits per heavy atom. The second-order valence-corrected chi connectivity index (χ2v) is 7.88. The zero-order chi connectivity index (χ0) is 23.1. The molecule has 0 atom stereocenters. The monoisotopic (exact) mass is 466 g/mol. The molecule has 2 aromatic rings. The van der Waals surface area contributed by atoms with Crippen molar-refractivity contribution >= 4 is 35.0 Å². The number of nitrogens with one attached hydrogen (secondary N) is 1. The quantitative estimate of drug-likeness (QED) is 0.630. The fourth-order valence-electron chi connectivity index (χ4n) is 3.15. The van der Waals surface area contributed by atoms with Crippen molar-refractivity contribution in [2.75, 3.05) is 19.7 Å². The van der Waals surface area contributed by atoms with Crippen LogP contribution in [0, 0.1) is 5.92 Å². The smallest absolute Gasteiger partial charge is 0.387 e. The van der Waals surface area contributed by atoms with E-state index in [0.717, 1.165) is 0 Å². The van der Waals surface area contributed by atoms with E-state index in [0.29, 0.717) is 30.8 Å². The molecule has 0 bridgehead atoms. The number of halogens is 2. The third kappa shape index (κ3) is 6.33. The molecule has 8 nitrogen and oxygen atoms in total. The highest BCUT2D eigenvalue weighted by Gasteiger charge is 2.29. The second kappa shape index (κ2) is 10.8. The van der Waals surface area contributed by atoms with Gasteiger partial charge in [-0.3, -0.25) is 24.5 Å². The lowest BCUT2D eigenvalue weighted by Crippen LogP contribution is -2.41. The van der Waals surface area contributed by atoms with E-state index in [1.807, 2.05) is 5.38 Å². The molecule has 0 unspecified atom stereocenters. The Hall–Kier alpha value is -3.34. The maximum absolute atomic E-state index is 12.3. The van der Waals surface area contributed by atoms with Crippen LogP contribution < -0.4 is 10.1 Å². The molecule has 0 saturated carbocycles. The number of piperidine rings is 1. The van der Waals surface area contributed by atoms with Crippen LogP contribution in [0.15, 0.2) is 41.8 Å². The number of rotatable bonds is 7. The minimum atomic E-state index is -2.99. The van der Waals surface area contributed by atoms with Crippen molar-refractivity contribution in [3.8, 4) is 5.75 Å². The molecule has 1 saturated heterocycles. The van der Waals surface area contributed by atoms with Crippen molar-refractivity contribution in [1.29, 1.82) is 0 Å². The van der Waals surface area contributed by atoms with Crippen molar-refractivity contribution < 1.29 is 37.4 Å². The maximum atomic E-state index is 12.3. The average Bonchev–Trinajstić information content (AvgIpc) is 3.32. The number of nitrogens with zero attached hydrogens (tertiary/aromatic N) is 1. The summed E-state index contributed by atoms with van der Waals surface area (Å²) in [7, 11) is 0. The van der Waals surface area contributed by atoms with Crippen LogP contribution in [0.1, 0.15) is 32.9 Å². The SMILES string of the molecule is O=C(COC(=O)C1CCN(C(=O)c2cccs2)CC1)NC(=O)c1ccc(OC(F)F)cc1. The van der Waals surface area contributed by atoms with E-state index in [9.17, 15) is 28.0 Å². The van der Waals surface area contributed by atoms with Crippen molar-refractivity contribution in [2.45, 2.75) is 19.5 Å². The Morgan fingerprint density at radius 2 is 1.78 bits per heavy atom. The van der Waals surface area contributed by atoms with E-state index >= 15 is 0 Å². The lowest BCUT2D eigenvalue weighted by molar-refractivity contribution is -0.153. The average molecular weight is 466 g/mol. The van der Waals surface area contributed by atoms with Gasteiger partial charge in [-0.15, -0.1) is 11.3 Å². The van der Waals surface area contributed by atoms with Gasteiger partial charge in [-0.25, -0.2) is 0 Å². The molecule has 0 aliphatic carbocycles. The van der Waals surface area contributed by atoms with Gasteiger partial charge >= 0.3 is 12.6 Å². The first-order valence-electron chi connectivity index (χ1n) is 9.72. The van der Waals surface area contributed by atoms with Crippen LogP contribution in [0.5, 0.6) is 5.75 Å². The van der Waals surface area contributed by atoms with Crippen molar-refractivity contribution in [1.82, 2.24) is 10.2 Å². The van der Waals surface area contributed by atoms with Crippen molar-refractivity contribution in [3.05, 3.63) is 52.2 Å². The van der Waals surface area contributed by atoms with Crippen LogP contribution in [0.4, 0.5) is 8.78 Å². The number of hydrogen-bond donors (Lipinski definition) is 1. The Morgan fingerprint density at radius 3 is 2.38 bits per heavy atom. The van der Waals surface area contributed by atoms with Crippen LogP contribution >= 0.6 is 11.3 Å². The molecule has 1 aromatic heterocycles. The van der Waals surface area contributed by atoms with Crippen LogP contribution in [0.2, 0.25) is 0 Å². The summed E-state index contributed by atoms with van der Waals surface area (Å²) in [5.41, 5.74) is 0.0501. The lowest BCUT2D eigenvalue weighted by Gasteiger charge is -2.30. The summed E-state index contributed by atoms with van der Waals surface area (Å²) in [6.07, 6.45) is 0.840. The Labute approximate surface area is 186 Å². The molecule has 0 radical (unpaired) electrons. The number of carbonyl (C=O) groups is 4. The number of esters is 1. The Balaban J connectivity index is 1.39. The van der Waals surface area contributed by atoms with Crippen molar-refractivity contribution in [2.24, 2.45) is 5.92 Å². The zero-order valence-corrected chi connectivity index (χ0v) is 17.6. The predicted molar refractivity (Wildman–Crippen MR) is 109 cm³/mol. The van der Waals surface area contributed by atoms with E-state index < -0.39 is 36.9 Å². The van der Waals surface area contributed by atoms with E-state index in [2.05, 4.69) is 10.1 Å². The molecular weight excluding hydrogens is 446 g/mol. The number of imide groups is 1. The van der Waals surface area contributed by atoms with Gasteiger partial charge in [0, 0.05) is 18.7 Å². The number of thiophene rings is 1. The summed E-state index contributed by atoms with van der Waals surface area (Å²) in [5, 5.41) is 3.88. The highest BCUT2D eigenvalue weighted by molar-refractivity contribution is 7.12. The van der Waals surface area contributed by atoms with Gasteiger partial charge in [0.1, 0.15) is 5.75 Å². The van der Waals surface area contributed by atoms with E-state index in [4.69, 9.17) is 4.74 Å². The highest BCUT2D eigenvalue weighted by Crippen LogP contribution is 2.22. The molecule has 2 heterocycles. The second-order valence-electron chi connectivity index (χ2n) is 6.93. The van der Waals surface area contributed by atoms with Gasteiger partial charge in [0.2, 0.25) is 0 Å². The number of likely N-dealkylation sites (tertiary alicyclic amines) is 1. The largest absolute Gasteiger partial charge is 0.455 e. The van der Waals surface area contributed by atoms with Gasteiger partial charge in [0.05, 0.1) is 10.8 Å². The number of carbonyl (C=O) groups excluding carboxylic acids is 4. The first kappa shape index (κ1) is 23.3. The fourth-order valence-corrected chi connectivity index (χ4v) is 3.84. The number of alkyl halides is 2. The summed E-state index contributed by atoms with van der Waals surface area (Å²) in [4.78, 5) is 50.8. The predicted octanol–water partition coefficient (Wildman–Crippen LogP) is 2.70. The maximum Gasteiger partial charge on any atom is 0.387 e. The van der Waals surface area contributed by atoms with E-state index in [-0.39, 0.29) is 17.2 Å². The first-order chi connectivity index (χ1) is 15.3. The minimum Gasteiger partial charge on any atom is -0.455 e. The summed E-state index contributed by atoms with van der Waals surface area (Å²) in [6, 6.07) is 8.32. The third-order valence-electron chi connectivity index (χ3n) is 4.79. The summed E-state index contributed by atoms with van der Waals surface area (Å²) < 4.78 is 33.5. The topological polar surface area (TPSA) is 102 Å². The Bertz CT molecular complexity index is 957. The van der Waals surface area contributed by atoms with Crippen LogP contribution in [-0.4, -0.2) is 54.9 Å². The lowest BCUT2D eigenvalue weighted by atomic mass is 9.97. The van der Waals surface area contributed by atoms with E-state index in [1.165, 1.54) is 35.6 Å². The van der Waals surface area contributed by atoms with Crippen LogP contribution in [-0.2, 0) is 14.3 Å². The molecule has 3 amide bonds. The number of ether oxygens (including phenoxy) is 2. The fraction of sp³-hybridized carbons (Fsp3) is 0.333. The first-order valence-corrected chi connectivity index (χ1v) is 10.6. The summed E-state index contributed by atoms with van der Waals surface area (Å²) in [6.45, 7) is -2.80. The van der Waals surface area contributed by atoms with Gasteiger partial charge in [-0.1, -0.05) is 6.07 Å². The Kier molecular flexibility index (Phi) is 7.87. The van der Waals surface area contributed by atoms with Gasteiger partial charge in [-0.2, -0.15) is 8.78 Å². The minimum absolute atomic E-state index is 0.0501. The van der Waals surface area contributed by atoms with Crippen molar-refractivity contribution in [3.63, 3.8) is 0 Å². The molecule has 1 N–H and O–H groups in total. The molecule has 170 valence electrons. The van der Waals surface area contributed by atoms with Crippen LogP contribution in [0.25, 0.3) is 0 Å². The summed E-state index contributed by atoms with van der Waals surface area (Å²) in [5.74, 6) is -2.78. The number of benzene rings is 1. The highest BCUT2D eigenvalue weighted by atomic mass is 32.1. The molecule has 1 aliphatic heterocycles. The molecule has 32 heavy (non-hydrogen) atoms. The molecule has 1 fully saturated rings. The number of hydrogen-bond acceptors (Lipinski definition) is 7. The van der Waals surface area contributed by atoms with Gasteiger partial charge < -0.3 is 14.4 Å². The third-order valence-corrected chi connectivity index (χ3v) is 5.65.